The van der Waals surface area contributed by atoms with E-state index in [-0.39, 0.29) is 11.9 Å². The monoisotopic (exact) mass is 296 g/mol. The highest BCUT2D eigenvalue weighted by molar-refractivity contribution is 5.83. The fourth-order valence-corrected chi connectivity index (χ4v) is 3.70. The molecule has 0 aromatic rings. The molecule has 2 aliphatic rings. The number of urea groups is 1. The van der Waals surface area contributed by atoms with E-state index in [1.54, 1.807) is 4.90 Å². The highest BCUT2D eigenvalue weighted by Gasteiger charge is 2.41. The van der Waals surface area contributed by atoms with Gasteiger partial charge in [-0.15, -0.1) is 0 Å². The third-order valence-corrected chi connectivity index (χ3v) is 5.18. The molecule has 0 aromatic carbocycles. The van der Waals surface area contributed by atoms with Gasteiger partial charge in [0.25, 0.3) is 0 Å². The highest BCUT2D eigenvalue weighted by atomic mass is 16.4. The summed E-state index contributed by atoms with van der Waals surface area (Å²) in [6.07, 6.45) is 4.01. The van der Waals surface area contributed by atoms with E-state index < -0.39 is 12.0 Å². The minimum absolute atomic E-state index is 0.0434. The molecular formula is C16H28N2O3. The predicted molar refractivity (Wildman–Crippen MR) is 81.1 cm³/mol. The summed E-state index contributed by atoms with van der Waals surface area (Å²) in [6, 6.07) is -0.724. The maximum Gasteiger partial charge on any atom is 0.326 e. The molecule has 1 N–H and O–H groups in total. The zero-order chi connectivity index (χ0) is 15.6. The van der Waals surface area contributed by atoms with Crippen LogP contribution in [0.15, 0.2) is 0 Å². The van der Waals surface area contributed by atoms with Crippen molar-refractivity contribution in [1.82, 2.24) is 9.80 Å². The summed E-state index contributed by atoms with van der Waals surface area (Å²) in [5, 5.41) is 9.36. The Balaban J connectivity index is 2.01. The van der Waals surface area contributed by atoms with Crippen LogP contribution in [-0.2, 0) is 4.79 Å². The normalized spacial score (nSPS) is 30.6. The van der Waals surface area contributed by atoms with Crippen LogP contribution >= 0.6 is 0 Å². The Morgan fingerprint density at radius 3 is 2.43 bits per heavy atom. The van der Waals surface area contributed by atoms with Crippen LogP contribution in [0, 0.1) is 17.8 Å². The Morgan fingerprint density at radius 2 is 1.81 bits per heavy atom. The fourth-order valence-electron chi connectivity index (χ4n) is 3.70. The van der Waals surface area contributed by atoms with Gasteiger partial charge in [-0.25, -0.2) is 9.59 Å². The maximum atomic E-state index is 12.7. The van der Waals surface area contributed by atoms with Crippen LogP contribution in [0.2, 0.25) is 0 Å². The summed E-state index contributed by atoms with van der Waals surface area (Å²) in [5.74, 6) is 0.499. The van der Waals surface area contributed by atoms with Crippen LogP contribution in [0.1, 0.15) is 46.5 Å². The van der Waals surface area contributed by atoms with Crippen molar-refractivity contribution in [2.45, 2.75) is 52.5 Å². The number of hydrogen-bond donors (Lipinski definition) is 1. The molecule has 120 valence electrons. The van der Waals surface area contributed by atoms with Crippen molar-refractivity contribution >= 4 is 12.0 Å². The average molecular weight is 296 g/mol. The number of hydrogen-bond acceptors (Lipinski definition) is 2. The molecule has 2 amide bonds. The van der Waals surface area contributed by atoms with Crippen LogP contribution in [0.5, 0.6) is 0 Å². The standard InChI is InChI=1S/C16H28N2O3/c1-11(2)13-5-4-8-17(9-7-13)16(21)18-10-6-12(3)14(18)15(19)20/h11-14H,4-10H2,1-3H3,(H,19,20). The number of nitrogens with zero attached hydrogens (tertiary/aromatic N) is 2. The van der Waals surface area contributed by atoms with Gasteiger partial charge in [-0.2, -0.15) is 0 Å². The first-order chi connectivity index (χ1) is 9.91. The predicted octanol–water partition coefficient (Wildman–Crippen LogP) is 2.66. The first kappa shape index (κ1) is 16.1. The summed E-state index contributed by atoms with van der Waals surface area (Å²) in [7, 11) is 0. The van der Waals surface area contributed by atoms with Gasteiger partial charge in [0.1, 0.15) is 6.04 Å². The molecule has 3 unspecified atom stereocenters. The molecule has 0 radical (unpaired) electrons. The summed E-state index contributed by atoms with van der Waals surface area (Å²) < 4.78 is 0. The van der Waals surface area contributed by atoms with E-state index in [0.717, 1.165) is 32.4 Å². The molecule has 21 heavy (non-hydrogen) atoms. The Kier molecular flexibility index (Phi) is 5.12. The number of carboxylic acids is 1. The van der Waals surface area contributed by atoms with E-state index in [9.17, 15) is 14.7 Å². The van der Waals surface area contributed by atoms with Gasteiger partial charge in [0.15, 0.2) is 0 Å². The van der Waals surface area contributed by atoms with Crippen molar-refractivity contribution in [2.24, 2.45) is 17.8 Å². The van der Waals surface area contributed by atoms with Crippen LogP contribution < -0.4 is 0 Å². The summed E-state index contributed by atoms with van der Waals surface area (Å²) in [6.45, 7) is 8.50. The Hall–Kier alpha value is -1.26. The van der Waals surface area contributed by atoms with Gasteiger partial charge >= 0.3 is 12.0 Å². The second kappa shape index (κ2) is 6.67. The van der Waals surface area contributed by atoms with Crippen LogP contribution in [0.3, 0.4) is 0 Å². The molecule has 2 heterocycles. The molecule has 0 bridgehead atoms. The maximum absolute atomic E-state index is 12.7. The summed E-state index contributed by atoms with van der Waals surface area (Å²) >= 11 is 0. The van der Waals surface area contributed by atoms with Crippen molar-refractivity contribution in [1.29, 1.82) is 0 Å². The number of carbonyl (C=O) groups excluding carboxylic acids is 1. The number of aliphatic carboxylic acids is 1. The van der Waals surface area contributed by atoms with E-state index in [2.05, 4.69) is 13.8 Å². The van der Waals surface area contributed by atoms with Crippen LogP contribution in [0.4, 0.5) is 4.79 Å². The third-order valence-electron chi connectivity index (χ3n) is 5.18. The summed E-state index contributed by atoms with van der Waals surface area (Å²) in [5.41, 5.74) is 0. The Labute approximate surface area is 127 Å². The number of likely N-dealkylation sites (tertiary alicyclic amines) is 2. The molecule has 0 spiro atoms. The zero-order valence-corrected chi connectivity index (χ0v) is 13.4. The fraction of sp³-hybridized carbons (Fsp3) is 0.875. The van der Waals surface area contributed by atoms with Crippen molar-refractivity contribution in [3.63, 3.8) is 0 Å². The number of amides is 2. The van der Waals surface area contributed by atoms with Crippen LogP contribution in [-0.4, -0.2) is 52.6 Å². The van der Waals surface area contributed by atoms with E-state index >= 15 is 0 Å². The lowest BCUT2D eigenvalue weighted by Gasteiger charge is -2.30. The van der Waals surface area contributed by atoms with Crippen molar-refractivity contribution in [2.75, 3.05) is 19.6 Å². The van der Waals surface area contributed by atoms with Gasteiger partial charge in [-0.05, 0) is 43.4 Å². The van der Waals surface area contributed by atoms with Gasteiger partial charge in [0.2, 0.25) is 0 Å². The van der Waals surface area contributed by atoms with Crippen molar-refractivity contribution in [3.05, 3.63) is 0 Å². The van der Waals surface area contributed by atoms with Gasteiger partial charge in [0.05, 0.1) is 0 Å². The SMILES string of the molecule is CC(C)C1CCCN(C(=O)N2CCC(C)C2C(=O)O)CC1. The molecule has 5 nitrogen and oxygen atoms in total. The number of carboxylic acid groups (broad SMARTS) is 1. The van der Waals surface area contributed by atoms with Gasteiger partial charge in [-0.1, -0.05) is 20.8 Å². The molecule has 0 aromatic heterocycles. The molecule has 3 atom stereocenters. The first-order valence-electron chi connectivity index (χ1n) is 8.20. The van der Waals surface area contributed by atoms with E-state index in [4.69, 9.17) is 0 Å². The molecule has 2 saturated heterocycles. The Bertz CT molecular complexity index is 397. The largest absolute Gasteiger partial charge is 0.480 e. The zero-order valence-electron chi connectivity index (χ0n) is 13.4. The van der Waals surface area contributed by atoms with Crippen LogP contribution in [0.25, 0.3) is 0 Å². The molecule has 2 fully saturated rings. The second-order valence-corrected chi connectivity index (χ2v) is 6.95. The van der Waals surface area contributed by atoms with Gasteiger partial charge < -0.3 is 14.9 Å². The molecule has 0 saturated carbocycles. The quantitative estimate of drug-likeness (QED) is 0.852. The number of rotatable bonds is 2. The molecular weight excluding hydrogens is 268 g/mol. The third kappa shape index (κ3) is 3.50. The lowest BCUT2D eigenvalue weighted by molar-refractivity contribution is -0.142. The smallest absolute Gasteiger partial charge is 0.326 e. The van der Waals surface area contributed by atoms with E-state index in [1.165, 1.54) is 6.42 Å². The minimum atomic E-state index is -0.872. The van der Waals surface area contributed by atoms with Gasteiger partial charge in [0, 0.05) is 19.6 Å². The van der Waals surface area contributed by atoms with E-state index in [0.29, 0.717) is 18.4 Å². The van der Waals surface area contributed by atoms with Crippen molar-refractivity contribution in [3.8, 4) is 0 Å². The Morgan fingerprint density at radius 1 is 1.10 bits per heavy atom. The summed E-state index contributed by atoms with van der Waals surface area (Å²) in [4.78, 5) is 27.5. The minimum Gasteiger partial charge on any atom is -0.480 e. The highest BCUT2D eigenvalue weighted by Crippen LogP contribution is 2.28. The molecule has 0 aliphatic carbocycles. The average Bonchev–Trinajstić information content (AvgIpc) is 2.66. The topological polar surface area (TPSA) is 60.9 Å². The molecule has 2 rings (SSSR count). The lowest BCUT2D eigenvalue weighted by Crippen LogP contribution is -2.49. The van der Waals surface area contributed by atoms with E-state index in [1.807, 2.05) is 11.8 Å². The van der Waals surface area contributed by atoms with Crippen molar-refractivity contribution < 1.29 is 14.7 Å². The molecule has 2 aliphatic heterocycles. The second-order valence-electron chi connectivity index (χ2n) is 6.95. The number of carbonyl (C=O) groups is 2. The first-order valence-corrected chi connectivity index (χ1v) is 8.20. The lowest BCUT2D eigenvalue weighted by atomic mass is 9.89. The molecule has 5 heteroatoms. The van der Waals surface area contributed by atoms with Gasteiger partial charge in [-0.3, -0.25) is 0 Å².